The van der Waals surface area contributed by atoms with Gasteiger partial charge in [0.2, 0.25) is 15.0 Å². The average molecular weight is 281 g/mol. The fourth-order valence-corrected chi connectivity index (χ4v) is 3.33. The third-order valence-corrected chi connectivity index (χ3v) is 5.13. The van der Waals surface area contributed by atoms with Crippen LogP contribution in [0.5, 0.6) is 0 Å². The van der Waals surface area contributed by atoms with Gasteiger partial charge in [-0.3, -0.25) is 9.69 Å². The average Bonchev–Trinajstić information content (AvgIpc) is 2.70. The highest BCUT2D eigenvalue weighted by atomic mass is 35.7. The predicted octanol–water partition coefficient (Wildman–Crippen LogP) is 1.13. The van der Waals surface area contributed by atoms with Crippen LogP contribution in [0, 0.1) is 6.92 Å². The number of aryl methyl sites for hydroxylation is 1. The van der Waals surface area contributed by atoms with E-state index in [2.05, 4.69) is 4.98 Å². The van der Waals surface area contributed by atoms with Gasteiger partial charge in [-0.25, -0.2) is 13.4 Å². The zero-order valence-electron chi connectivity index (χ0n) is 8.38. The van der Waals surface area contributed by atoms with Crippen molar-refractivity contribution in [2.45, 2.75) is 18.6 Å². The third kappa shape index (κ3) is 2.21. The predicted molar refractivity (Wildman–Crippen MR) is 62.4 cm³/mol. The summed E-state index contributed by atoms with van der Waals surface area (Å²) in [6, 6.07) is 0. The van der Waals surface area contributed by atoms with Gasteiger partial charge in [0.25, 0.3) is 0 Å². The normalized spacial score (nSPS) is 21.8. The zero-order chi connectivity index (χ0) is 11.9. The summed E-state index contributed by atoms with van der Waals surface area (Å²) < 4.78 is 22.3. The molecule has 16 heavy (non-hydrogen) atoms. The van der Waals surface area contributed by atoms with Crippen molar-refractivity contribution >= 4 is 42.1 Å². The minimum absolute atomic E-state index is 0.0650. The number of rotatable bonds is 2. The standard InChI is InChI=1S/C8H9ClN2O3S2/c1-5-3-10-8(15-5)11-4-6(2-7(11)12)16(9,13)14/h3,6H,2,4H2,1H3. The Balaban J connectivity index is 2.24. The van der Waals surface area contributed by atoms with Crippen LogP contribution in [0.1, 0.15) is 11.3 Å². The van der Waals surface area contributed by atoms with Gasteiger partial charge < -0.3 is 0 Å². The summed E-state index contributed by atoms with van der Waals surface area (Å²) in [6.45, 7) is 1.97. The molecule has 8 heteroatoms. The number of anilines is 1. The molecule has 1 aromatic heterocycles. The molecule has 0 aromatic carbocycles. The lowest BCUT2D eigenvalue weighted by Crippen LogP contribution is -2.26. The zero-order valence-corrected chi connectivity index (χ0v) is 10.8. The van der Waals surface area contributed by atoms with Crippen molar-refractivity contribution in [3.8, 4) is 0 Å². The molecule has 0 aliphatic carbocycles. The minimum Gasteiger partial charge on any atom is -0.287 e. The van der Waals surface area contributed by atoms with Gasteiger partial charge >= 0.3 is 0 Å². The van der Waals surface area contributed by atoms with Gasteiger partial charge in [-0.1, -0.05) is 0 Å². The Labute approximate surface area is 101 Å². The summed E-state index contributed by atoms with van der Waals surface area (Å²) in [5.41, 5.74) is 0. The van der Waals surface area contributed by atoms with Gasteiger partial charge in [0.05, 0.1) is 0 Å². The van der Waals surface area contributed by atoms with Crippen molar-refractivity contribution in [1.29, 1.82) is 0 Å². The van der Waals surface area contributed by atoms with Crippen LogP contribution in [-0.2, 0) is 13.8 Å². The fraction of sp³-hybridized carbons (Fsp3) is 0.500. The summed E-state index contributed by atoms with van der Waals surface area (Å²) in [6.07, 6.45) is 1.58. The van der Waals surface area contributed by atoms with E-state index >= 15 is 0 Å². The van der Waals surface area contributed by atoms with Crippen LogP contribution >= 0.6 is 22.0 Å². The molecule has 1 amide bonds. The quantitative estimate of drug-likeness (QED) is 0.762. The maximum atomic E-state index is 11.6. The number of carbonyl (C=O) groups excluding carboxylic acids is 1. The van der Waals surface area contributed by atoms with Gasteiger partial charge in [0.15, 0.2) is 5.13 Å². The molecule has 1 aliphatic rings. The Bertz CT molecular complexity index is 525. The molecular formula is C8H9ClN2O3S2. The monoisotopic (exact) mass is 280 g/mol. The Hall–Kier alpha value is -0.660. The molecule has 2 heterocycles. The van der Waals surface area contributed by atoms with E-state index in [0.717, 1.165) is 4.88 Å². The number of carbonyl (C=O) groups is 1. The molecule has 1 unspecified atom stereocenters. The molecule has 0 bridgehead atoms. The largest absolute Gasteiger partial charge is 0.287 e. The van der Waals surface area contributed by atoms with E-state index in [4.69, 9.17) is 10.7 Å². The van der Waals surface area contributed by atoms with Crippen LogP contribution in [0.3, 0.4) is 0 Å². The Kier molecular flexibility index (Phi) is 2.93. The van der Waals surface area contributed by atoms with E-state index in [-0.39, 0.29) is 18.9 Å². The maximum Gasteiger partial charge on any atom is 0.237 e. The van der Waals surface area contributed by atoms with E-state index < -0.39 is 14.3 Å². The third-order valence-electron chi connectivity index (χ3n) is 2.33. The molecule has 1 saturated heterocycles. The minimum atomic E-state index is -3.68. The van der Waals surface area contributed by atoms with Crippen LogP contribution in [0.2, 0.25) is 0 Å². The first-order valence-corrected chi connectivity index (χ1v) is 7.73. The van der Waals surface area contributed by atoms with Gasteiger partial charge in [-0.15, -0.1) is 11.3 Å². The van der Waals surface area contributed by atoms with Crippen molar-refractivity contribution in [3.63, 3.8) is 0 Å². The molecule has 0 spiro atoms. The Morgan fingerprint density at radius 3 is 2.75 bits per heavy atom. The molecule has 1 fully saturated rings. The summed E-state index contributed by atoms with van der Waals surface area (Å²) >= 11 is 1.36. The number of hydrogen-bond acceptors (Lipinski definition) is 5. The summed E-state index contributed by atoms with van der Waals surface area (Å²) in [5, 5.41) is -0.295. The first-order chi connectivity index (χ1) is 7.38. The van der Waals surface area contributed by atoms with E-state index in [1.165, 1.54) is 16.2 Å². The van der Waals surface area contributed by atoms with E-state index in [1.807, 2.05) is 6.92 Å². The second-order valence-electron chi connectivity index (χ2n) is 3.56. The second-order valence-corrected chi connectivity index (χ2v) is 7.68. The number of aromatic nitrogens is 1. The molecule has 1 atom stereocenters. The first kappa shape index (κ1) is 11.8. The highest BCUT2D eigenvalue weighted by Crippen LogP contribution is 2.29. The number of hydrogen-bond donors (Lipinski definition) is 0. The number of thiazole rings is 1. The van der Waals surface area contributed by atoms with Gasteiger partial charge in [0.1, 0.15) is 5.25 Å². The maximum absolute atomic E-state index is 11.6. The van der Waals surface area contributed by atoms with Crippen molar-refractivity contribution in [2.24, 2.45) is 0 Å². The van der Waals surface area contributed by atoms with Crippen LogP contribution < -0.4 is 4.90 Å². The summed E-state index contributed by atoms with van der Waals surface area (Å²) in [4.78, 5) is 18.0. The number of halogens is 1. The SMILES string of the molecule is Cc1cnc(N2CC(S(=O)(=O)Cl)CC2=O)s1. The smallest absolute Gasteiger partial charge is 0.237 e. The molecular weight excluding hydrogens is 272 g/mol. The van der Waals surface area contributed by atoms with Gasteiger partial charge in [-0.05, 0) is 6.92 Å². The lowest BCUT2D eigenvalue weighted by molar-refractivity contribution is -0.117. The van der Waals surface area contributed by atoms with Crippen molar-refractivity contribution in [1.82, 2.24) is 4.98 Å². The number of nitrogens with zero attached hydrogens (tertiary/aromatic N) is 2. The van der Waals surface area contributed by atoms with Crippen molar-refractivity contribution in [2.75, 3.05) is 11.4 Å². The molecule has 0 radical (unpaired) electrons. The lowest BCUT2D eigenvalue weighted by Gasteiger charge is -2.11. The topological polar surface area (TPSA) is 67.3 Å². The summed E-state index contributed by atoms with van der Waals surface area (Å²) in [7, 11) is 1.56. The highest BCUT2D eigenvalue weighted by Gasteiger charge is 2.38. The molecule has 2 rings (SSSR count). The molecule has 88 valence electrons. The molecule has 1 aromatic rings. The van der Waals surface area contributed by atoms with Gasteiger partial charge in [0, 0.05) is 34.7 Å². The van der Waals surface area contributed by atoms with Gasteiger partial charge in [-0.2, -0.15) is 0 Å². The first-order valence-electron chi connectivity index (χ1n) is 4.54. The molecule has 0 saturated carbocycles. The van der Waals surface area contributed by atoms with E-state index in [1.54, 1.807) is 6.20 Å². The van der Waals surface area contributed by atoms with Crippen LogP contribution in [0.25, 0.3) is 0 Å². The molecule has 1 aliphatic heterocycles. The Morgan fingerprint density at radius 2 is 2.31 bits per heavy atom. The van der Waals surface area contributed by atoms with E-state index in [9.17, 15) is 13.2 Å². The Morgan fingerprint density at radius 1 is 1.62 bits per heavy atom. The lowest BCUT2D eigenvalue weighted by atomic mass is 10.4. The summed E-state index contributed by atoms with van der Waals surface area (Å²) in [5.74, 6) is -0.247. The van der Waals surface area contributed by atoms with E-state index in [0.29, 0.717) is 5.13 Å². The number of amides is 1. The fourth-order valence-electron chi connectivity index (χ4n) is 1.52. The van der Waals surface area contributed by atoms with Crippen molar-refractivity contribution in [3.05, 3.63) is 11.1 Å². The van der Waals surface area contributed by atoms with Crippen LogP contribution in [-0.4, -0.2) is 31.1 Å². The van der Waals surface area contributed by atoms with Crippen molar-refractivity contribution < 1.29 is 13.2 Å². The highest BCUT2D eigenvalue weighted by molar-refractivity contribution is 8.14. The molecule has 0 N–H and O–H groups in total. The second kappa shape index (κ2) is 3.97. The van der Waals surface area contributed by atoms with Crippen LogP contribution in [0.15, 0.2) is 6.20 Å². The molecule has 5 nitrogen and oxygen atoms in total. The van der Waals surface area contributed by atoms with Crippen LogP contribution in [0.4, 0.5) is 5.13 Å².